The molecule has 0 radical (unpaired) electrons. The predicted molar refractivity (Wildman–Crippen MR) is 107 cm³/mol. The number of amides is 2. The molecule has 1 aromatic heterocycles. The van der Waals surface area contributed by atoms with Crippen LogP contribution in [0, 0.1) is 11.7 Å². The number of carbonyl (C=O) groups is 2. The summed E-state index contributed by atoms with van der Waals surface area (Å²) in [5, 5.41) is 3.38. The molecule has 148 valence electrons. The molecule has 0 spiro atoms. The summed E-state index contributed by atoms with van der Waals surface area (Å²) in [6.07, 6.45) is 4.89. The summed E-state index contributed by atoms with van der Waals surface area (Å²) in [7, 11) is 0. The van der Waals surface area contributed by atoms with Crippen molar-refractivity contribution >= 4 is 29.1 Å². The maximum atomic E-state index is 14.3. The third-order valence-corrected chi connectivity index (χ3v) is 5.15. The number of anilines is 1. The van der Waals surface area contributed by atoms with E-state index in [9.17, 15) is 14.0 Å². The Kier molecular flexibility index (Phi) is 5.31. The van der Waals surface area contributed by atoms with Gasteiger partial charge in [0.2, 0.25) is 11.8 Å². The number of nitrogens with zero attached hydrogens (tertiary/aromatic N) is 3. The number of hydrogen-bond donors (Lipinski definition) is 1. The third kappa shape index (κ3) is 4.14. The van der Waals surface area contributed by atoms with E-state index >= 15 is 0 Å². The van der Waals surface area contributed by atoms with Crippen molar-refractivity contribution in [3.63, 3.8) is 0 Å². The fourth-order valence-corrected chi connectivity index (χ4v) is 3.48. The Hall–Kier alpha value is -3.19. The van der Waals surface area contributed by atoms with E-state index in [2.05, 4.69) is 10.3 Å². The highest BCUT2D eigenvalue weighted by atomic mass is 35.5. The minimum absolute atomic E-state index is 0.108. The van der Waals surface area contributed by atoms with Crippen molar-refractivity contribution in [2.75, 3.05) is 11.4 Å². The van der Waals surface area contributed by atoms with Gasteiger partial charge in [0.15, 0.2) is 0 Å². The SMILES string of the molecule is O=C(NCc1ccc(-n2ccnc2)c(F)c1)C1CC(=O)N(c2ccc(Cl)cc2)C1. The van der Waals surface area contributed by atoms with Crippen LogP contribution in [0.4, 0.5) is 10.1 Å². The van der Waals surface area contributed by atoms with Crippen molar-refractivity contribution in [1.82, 2.24) is 14.9 Å². The Morgan fingerprint density at radius 2 is 2.03 bits per heavy atom. The van der Waals surface area contributed by atoms with Gasteiger partial charge in [0, 0.05) is 42.6 Å². The highest BCUT2D eigenvalue weighted by molar-refractivity contribution is 6.30. The van der Waals surface area contributed by atoms with Gasteiger partial charge in [-0.15, -0.1) is 0 Å². The number of carbonyl (C=O) groups excluding carboxylic acids is 2. The molecule has 0 aliphatic carbocycles. The van der Waals surface area contributed by atoms with E-state index in [1.807, 2.05) is 0 Å². The fourth-order valence-electron chi connectivity index (χ4n) is 3.36. The molecule has 3 aromatic rings. The Morgan fingerprint density at radius 3 is 2.72 bits per heavy atom. The number of nitrogens with one attached hydrogen (secondary N) is 1. The Bertz CT molecular complexity index is 1040. The van der Waals surface area contributed by atoms with Crippen molar-refractivity contribution in [1.29, 1.82) is 0 Å². The van der Waals surface area contributed by atoms with E-state index in [4.69, 9.17) is 11.6 Å². The first-order chi connectivity index (χ1) is 14.0. The minimum atomic E-state index is -0.451. The number of halogens is 2. The third-order valence-electron chi connectivity index (χ3n) is 4.90. The summed E-state index contributed by atoms with van der Waals surface area (Å²) >= 11 is 5.88. The zero-order valence-electron chi connectivity index (χ0n) is 15.4. The second-order valence-electron chi connectivity index (χ2n) is 6.86. The smallest absolute Gasteiger partial charge is 0.227 e. The lowest BCUT2D eigenvalue weighted by Crippen LogP contribution is -2.32. The van der Waals surface area contributed by atoms with Crippen LogP contribution in [0.3, 0.4) is 0 Å². The molecule has 1 unspecified atom stereocenters. The first kappa shape index (κ1) is 19.1. The van der Waals surface area contributed by atoms with Crippen LogP contribution in [-0.4, -0.2) is 27.9 Å². The maximum Gasteiger partial charge on any atom is 0.227 e. The number of aromatic nitrogens is 2. The minimum Gasteiger partial charge on any atom is -0.352 e. The van der Waals surface area contributed by atoms with E-state index in [0.29, 0.717) is 28.5 Å². The number of benzene rings is 2. The Morgan fingerprint density at radius 1 is 1.24 bits per heavy atom. The lowest BCUT2D eigenvalue weighted by Gasteiger charge is -2.17. The van der Waals surface area contributed by atoms with Crippen molar-refractivity contribution < 1.29 is 14.0 Å². The van der Waals surface area contributed by atoms with Gasteiger partial charge in [0.25, 0.3) is 0 Å². The van der Waals surface area contributed by atoms with Crippen molar-refractivity contribution in [3.8, 4) is 5.69 Å². The lowest BCUT2D eigenvalue weighted by molar-refractivity contribution is -0.126. The van der Waals surface area contributed by atoms with Crippen molar-refractivity contribution in [3.05, 3.63) is 77.6 Å². The number of hydrogen-bond acceptors (Lipinski definition) is 3. The van der Waals surface area contributed by atoms with E-state index in [1.165, 1.54) is 12.4 Å². The average molecular weight is 413 g/mol. The monoisotopic (exact) mass is 412 g/mol. The van der Waals surface area contributed by atoms with Crippen LogP contribution in [0.25, 0.3) is 5.69 Å². The van der Waals surface area contributed by atoms with Crippen molar-refractivity contribution in [2.24, 2.45) is 5.92 Å². The van der Waals surface area contributed by atoms with E-state index in [-0.39, 0.29) is 24.8 Å². The molecule has 1 aliphatic rings. The van der Waals surface area contributed by atoms with Crippen LogP contribution in [0.5, 0.6) is 0 Å². The summed E-state index contributed by atoms with van der Waals surface area (Å²) in [5.41, 5.74) is 1.74. The van der Waals surface area contributed by atoms with Crippen LogP contribution in [0.15, 0.2) is 61.2 Å². The highest BCUT2D eigenvalue weighted by Gasteiger charge is 2.34. The van der Waals surface area contributed by atoms with E-state index in [1.54, 1.807) is 58.3 Å². The quantitative estimate of drug-likeness (QED) is 0.699. The maximum absolute atomic E-state index is 14.3. The van der Waals surface area contributed by atoms with E-state index < -0.39 is 11.7 Å². The number of rotatable bonds is 5. The molecule has 0 bridgehead atoms. The van der Waals surface area contributed by atoms with E-state index in [0.717, 1.165) is 0 Å². The summed E-state index contributed by atoms with van der Waals surface area (Å²) in [4.78, 5) is 30.3. The Labute approximate surface area is 171 Å². The summed E-state index contributed by atoms with van der Waals surface area (Å²) < 4.78 is 15.9. The van der Waals surface area contributed by atoms with Crippen LogP contribution in [0.1, 0.15) is 12.0 Å². The fraction of sp³-hybridized carbons (Fsp3) is 0.190. The first-order valence-corrected chi connectivity index (χ1v) is 9.49. The number of imidazole rings is 1. The zero-order valence-corrected chi connectivity index (χ0v) is 16.1. The molecule has 1 fully saturated rings. The highest BCUT2D eigenvalue weighted by Crippen LogP contribution is 2.26. The van der Waals surface area contributed by atoms with Crippen LogP contribution in [0.2, 0.25) is 5.02 Å². The van der Waals surface area contributed by atoms with Gasteiger partial charge in [-0.1, -0.05) is 17.7 Å². The topological polar surface area (TPSA) is 67.2 Å². The average Bonchev–Trinajstić information content (AvgIpc) is 3.37. The standard InChI is InChI=1S/C21H18ClFN4O2/c22-16-2-4-17(5-3-16)27-12-15(10-20(27)28)21(29)25-11-14-1-6-19(18(23)9-14)26-8-7-24-13-26/h1-9,13,15H,10-12H2,(H,25,29). The molecule has 1 atom stereocenters. The molecule has 2 aromatic carbocycles. The summed E-state index contributed by atoms with van der Waals surface area (Å²) in [6, 6.07) is 11.7. The molecule has 6 nitrogen and oxygen atoms in total. The predicted octanol–water partition coefficient (Wildman–Crippen LogP) is 3.33. The van der Waals surface area contributed by atoms with Crippen LogP contribution in [-0.2, 0) is 16.1 Å². The zero-order chi connectivity index (χ0) is 20.4. The molecule has 8 heteroatoms. The molecule has 2 heterocycles. The molecular formula is C21H18ClFN4O2. The molecule has 1 saturated heterocycles. The van der Waals surface area contributed by atoms with Crippen molar-refractivity contribution in [2.45, 2.75) is 13.0 Å². The van der Waals surface area contributed by atoms with Gasteiger partial charge >= 0.3 is 0 Å². The molecule has 29 heavy (non-hydrogen) atoms. The molecule has 4 rings (SSSR count). The molecule has 2 amide bonds. The summed E-state index contributed by atoms with van der Waals surface area (Å²) in [5.74, 6) is -1.19. The van der Waals surface area contributed by atoms with Gasteiger partial charge in [-0.3, -0.25) is 9.59 Å². The lowest BCUT2D eigenvalue weighted by atomic mass is 10.1. The van der Waals surface area contributed by atoms with Crippen LogP contribution < -0.4 is 10.2 Å². The Balaban J connectivity index is 1.37. The second kappa shape index (κ2) is 8.05. The van der Waals surface area contributed by atoms with Gasteiger partial charge in [-0.2, -0.15) is 0 Å². The normalized spacial score (nSPS) is 16.3. The van der Waals surface area contributed by atoms with Crippen LogP contribution >= 0.6 is 11.6 Å². The van der Waals surface area contributed by atoms with Gasteiger partial charge < -0.3 is 14.8 Å². The summed E-state index contributed by atoms with van der Waals surface area (Å²) in [6.45, 7) is 0.492. The molecule has 1 aliphatic heterocycles. The van der Waals surface area contributed by atoms with Gasteiger partial charge in [-0.25, -0.2) is 9.37 Å². The molecular weight excluding hydrogens is 395 g/mol. The largest absolute Gasteiger partial charge is 0.352 e. The first-order valence-electron chi connectivity index (χ1n) is 9.11. The second-order valence-corrected chi connectivity index (χ2v) is 7.29. The van der Waals surface area contributed by atoms with Gasteiger partial charge in [0.1, 0.15) is 5.82 Å². The van der Waals surface area contributed by atoms with Gasteiger partial charge in [-0.05, 0) is 42.0 Å². The molecule has 0 saturated carbocycles. The van der Waals surface area contributed by atoms with Gasteiger partial charge in [0.05, 0.1) is 17.9 Å². The molecule has 1 N–H and O–H groups in total.